The van der Waals surface area contributed by atoms with Crippen LogP contribution in [0.25, 0.3) is 10.9 Å². The van der Waals surface area contributed by atoms with E-state index in [0.717, 1.165) is 16.5 Å². The molecule has 4 heteroatoms. The lowest BCUT2D eigenvalue weighted by Gasteiger charge is -2.02. The van der Waals surface area contributed by atoms with Crippen molar-refractivity contribution < 1.29 is 9.53 Å². The van der Waals surface area contributed by atoms with Gasteiger partial charge in [0.25, 0.3) is 0 Å². The Kier molecular flexibility index (Phi) is 2.92. The van der Waals surface area contributed by atoms with E-state index in [-0.39, 0.29) is 12.5 Å². The maximum absolute atomic E-state index is 11.2. The molecule has 1 heterocycles. The number of ether oxygens (including phenoxy) is 1. The Hall–Kier alpha value is -1.81. The van der Waals surface area contributed by atoms with Gasteiger partial charge in [-0.25, -0.2) is 0 Å². The van der Waals surface area contributed by atoms with Crippen molar-refractivity contribution in [3.63, 3.8) is 0 Å². The second kappa shape index (κ2) is 4.37. The summed E-state index contributed by atoms with van der Waals surface area (Å²) in [7, 11) is 1.39. The Balaban J connectivity index is 2.49. The van der Waals surface area contributed by atoms with Crippen LogP contribution in [0, 0.1) is 0 Å². The SMILES string of the molecule is COC(=O)Cn1cc(CN)c2ccccc21. The molecule has 0 aliphatic rings. The maximum Gasteiger partial charge on any atom is 0.325 e. The van der Waals surface area contributed by atoms with Crippen LogP contribution in [0.3, 0.4) is 0 Å². The molecule has 0 spiro atoms. The molecule has 1 aromatic heterocycles. The molecule has 1 aromatic carbocycles. The number of carbonyl (C=O) groups excluding carboxylic acids is 1. The van der Waals surface area contributed by atoms with Gasteiger partial charge in [0.1, 0.15) is 6.54 Å². The van der Waals surface area contributed by atoms with Crippen molar-refractivity contribution in [3.05, 3.63) is 36.0 Å². The highest BCUT2D eigenvalue weighted by Gasteiger charge is 2.09. The zero-order chi connectivity index (χ0) is 11.5. The van der Waals surface area contributed by atoms with Gasteiger partial charge in [0.15, 0.2) is 0 Å². The van der Waals surface area contributed by atoms with E-state index in [1.165, 1.54) is 7.11 Å². The Morgan fingerprint density at radius 3 is 2.88 bits per heavy atom. The average Bonchev–Trinajstić information content (AvgIpc) is 2.68. The normalized spacial score (nSPS) is 10.6. The molecule has 0 saturated carbocycles. The standard InChI is InChI=1S/C12H14N2O2/c1-16-12(15)8-14-7-9(6-13)10-4-2-3-5-11(10)14/h2-5,7H,6,8,13H2,1H3. The molecule has 0 unspecified atom stereocenters. The fourth-order valence-electron chi connectivity index (χ4n) is 1.82. The van der Waals surface area contributed by atoms with Crippen LogP contribution in [0.5, 0.6) is 0 Å². The predicted molar refractivity (Wildman–Crippen MR) is 61.8 cm³/mol. The van der Waals surface area contributed by atoms with E-state index in [9.17, 15) is 4.79 Å². The van der Waals surface area contributed by atoms with Crippen molar-refractivity contribution in [1.82, 2.24) is 4.57 Å². The second-order valence-corrected chi connectivity index (χ2v) is 3.58. The van der Waals surface area contributed by atoms with Crippen molar-refractivity contribution in [2.45, 2.75) is 13.1 Å². The third-order valence-corrected chi connectivity index (χ3v) is 2.62. The molecule has 2 rings (SSSR count). The number of para-hydroxylation sites is 1. The summed E-state index contributed by atoms with van der Waals surface area (Å²) in [5.41, 5.74) is 7.71. The molecule has 2 aromatic rings. The van der Waals surface area contributed by atoms with E-state index < -0.39 is 0 Å². The van der Waals surface area contributed by atoms with Crippen LogP contribution in [0.15, 0.2) is 30.5 Å². The van der Waals surface area contributed by atoms with Crippen molar-refractivity contribution in [2.24, 2.45) is 5.73 Å². The van der Waals surface area contributed by atoms with Crippen molar-refractivity contribution in [3.8, 4) is 0 Å². The van der Waals surface area contributed by atoms with Gasteiger partial charge in [-0.05, 0) is 11.6 Å². The van der Waals surface area contributed by atoms with Gasteiger partial charge >= 0.3 is 5.97 Å². The number of benzene rings is 1. The lowest BCUT2D eigenvalue weighted by atomic mass is 10.2. The molecule has 0 aliphatic heterocycles. The summed E-state index contributed by atoms with van der Waals surface area (Å²) >= 11 is 0. The van der Waals surface area contributed by atoms with Gasteiger partial charge in [-0.3, -0.25) is 4.79 Å². The van der Waals surface area contributed by atoms with Crippen LogP contribution in [0.2, 0.25) is 0 Å². The van der Waals surface area contributed by atoms with Crippen LogP contribution in [0.1, 0.15) is 5.56 Å². The zero-order valence-corrected chi connectivity index (χ0v) is 9.14. The van der Waals surface area contributed by atoms with Crippen LogP contribution >= 0.6 is 0 Å². The fraction of sp³-hybridized carbons (Fsp3) is 0.250. The number of aromatic nitrogens is 1. The van der Waals surface area contributed by atoms with E-state index in [1.54, 1.807) is 0 Å². The Bertz CT molecular complexity index is 517. The summed E-state index contributed by atoms with van der Waals surface area (Å²) in [5, 5.41) is 1.09. The number of carbonyl (C=O) groups is 1. The number of esters is 1. The second-order valence-electron chi connectivity index (χ2n) is 3.58. The minimum atomic E-state index is -0.260. The number of nitrogens with two attached hydrogens (primary N) is 1. The van der Waals surface area contributed by atoms with Gasteiger partial charge in [0, 0.05) is 23.6 Å². The van der Waals surface area contributed by atoms with E-state index in [0.29, 0.717) is 6.54 Å². The van der Waals surface area contributed by atoms with Crippen LogP contribution in [-0.4, -0.2) is 17.6 Å². The molecule has 16 heavy (non-hydrogen) atoms. The molecule has 0 bridgehead atoms. The van der Waals surface area contributed by atoms with Crippen LogP contribution < -0.4 is 5.73 Å². The van der Waals surface area contributed by atoms with Crippen molar-refractivity contribution in [2.75, 3.05) is 7.11 Å². The molecule has 0 aliphatic carbocycles. The molecular weight excluding hydrogens is 204 g/mol. The average molecular weight is 218 g/mol. The number of nitrogens with zero attached hydrogens (tertiary/aromatic N) is 1. The molecule has 2 N–H and O–H groups in total. The summed E-state index contributed by atoms with van der Waals surface area (Å²) in [6.45, 7) is 0.686. The zero-order valence-electron chi connectivity index (χ0n) is 9.14. The fourth-order valence-corrected chi connectivity index (χ4v) is 1.82. The highest BCUT2D eigenvalue weighted by Crippen LogP contribution is 2.20. The van der Waals surface area contributed by atoms with Gasteiger partial charge in [-0.2, -0.15) is 0 Å². The minimum Gasteiger partial charge on any atom is -0.468 e. The largest absolute Gasteiger partial charge is 0.468 e. The molecule has 0 saturated heterocycles. The third kappa shape index (κ3) is 1.79. The quantitative estimate of drug-likeness (QED) is 0.789. The monoisotopic (exact) mass is 218 g/mol. The lowest BCUT2D eigenvalue weighted by Crippen LogP contribution is -2.10. The lowest BCUT2D eigenvalue weighted by molar-refractivity contribution is -0.141. The Labute approximate surface area is 93.6 Å². The first-order valence-electron chi connectivity index (χ1n) is 5.10. The van der Waals surface area contributed by atoms with Gasteiger partial charge in [0.2, 0.25) is 0 Å². The van der Waals surface area contributed by atoms with E-state index in [2.05, 4.69) is 4.74 Å². The Morgan fingerprint density at radius 1 is 1.44 bits per heavy atom. The van der Waals surface area contributed by atoms with E-state index in [4.69, 9.17) is 5.73 Å². The highest BCUT2D eigenvalue weighted by atomic mass is 16.5. The minimum absolute atomic E-state index is 0.219. The van der Waals surface area contributed by atoms with E-state index >= 15 is 0 Å². The number of hydrogen-bond donors (Lipinski definition) is 1. The van der Waals surface area contributed by atoms with Crippen molar-refractivity contribution >= 4 is 16.9 Å². The maximum atomic E-state index is 11.2. The van der Waals surface area contributed by atoms with Gasteiger partial charge in [-0.15, -0.1) is 0 Å². The number of rotatable bonds is 3. The third-order valence-electron chi connectivity index (χ3n) is 2.62. The summed E-state index contributed by atoms with van der Waals surface area (Å²) in [6.07, 6.45) is 1.90. The molecule has 0 amide bonds. The summed E-state index contributed by atoms with van der Waals surface area (Å²) < 4.78 is 6.52. The predicted octanol–water partition coefficient (Wildman–Crippen LogP) is 1.27. The van der Waals surface area contributed by atoms with Crippen LogP contribution in [-0.2, 0) is 22.6 Å². The summed E-state index contributed by atoms with van der Waals surface area (Å²) in [6, 6.07) is 7.88. The smallest absolute Gasteiger partial charge is 0.325 e. The first kappa shape index (κ1) is 10.7. The first-order valence-corrected chi connectivity index (χ1v) is 5.10. The Morgan fingerprint density at radius 2 is 2.19 bits per heavy atom. The molecular formula is C12H14N2O2. The molecule has 0 atom stereocenters. The van der Waals surface area contributed by atoms with Gasteiger partial charge in [-0.1, -0.05) is 18.2 Å². The molecule has 4 nitrogen and oxygen atoms in total. The van der Waals surface area contributed by atoms with Gasteiger partial charge in [0.05, 0.1) is 7.11 Å². The summed E-state index contributed by atoms with van der Waals surface area (Å²) in [4.78, 5) is 11.2. The topological polar surface area (TPSA) is 57.2 Å². The summed E-state index contributed by atoms with van der Waals surface area (Å²) in [5.74, 6) is -0.260. The first-order chi connectivity index (χ1) is 7.76. The molecule has 84 valence electrons. The van der Waals surface area contributed by atoms with Crippen molar-refractivity contribution in [1.29, 1.82) is 0 Å². The number of methoxy groups -OCH3 is 1. The molecule has 0 fully saturated rings. The van der Waals surface area contributed by atoms with E-state index in [1.807, 2.05) is 35.0 Å². The number of fused-ring (bicyclic) bond motifs is 1. The molecule has 0 radical (unpaired) electrons. The van der Waals surface area contributed by atoms with Gasteiger partial charge < -0.3 is 15.0 Å². The highest BCUT2D eigenvalue weighted by molar-refractivity contribution is 5.85. The van der Waals surface area contributed by atoms with Crippen LogP contribution in [0.4, 0.5) is 0 Å². The number of hydrogen-bond acceptors (Lipinski definition) is 3.